The first-order valence-corrected chi connectivity index (χ1v) is 7.16. The zero-order valence-corrected chi connectivity index (χ0v) is 13.3. The monoisotopic (exact) mass is 289 g/mol. The molecule has 1 atom stereocenters. The van der Waals surface area contributed by atoms with Crippen molar-refractivity contribution in [1.29, 1.82) is 0 Å². The van der Waals surface area contributed by atoms with Crippen LogP contribution in [0, 0.1) is 13.8 Å². The Morgan fingerprint density at radius 1 is 1.33 bits per heavy atom. The molecule has 1 unspecified atom stereocenters. The van der Waals surface area contributed by atoms with Crippen molar-refractivity contribution in [1.82, 2.24) is 24.9 Å². The number of carbonyl (C=O) groups is 1. The first-order valence-electron chi connectivity index (χ1n) is 7.16. The number of aryl methyl sites for hydroxylation is 4. The molecule has 0 bridgehead atoms. The lowest BCUT2D eigenvalue weighted by Crippen LogP contribution is -2.27. The van der Waals surface area contributed by atoms with Gasteiger partial charge in [-0.05, 0) is 33.3 Å². The van der Waals surface area contributed by atoms with E-state index in [9.17, 15) is 4.79 Å². The first-order chi connectivity index (χ1) is 9.90. The second-order valence-corrected chi connectivity index (χ2v) is 5.44. The minimum Gasteiger partial charge on any atom is -0.349 e. The highest BCUT2D eigenvalue weighted by atomic mass is 16.1. The van der Waals surface area contributed by atoms with Crippen molar-refractivity contribution in [3.63, 3.8) is 0 Å². The third kappa shape index (κ3) is 3.32. The molecule has 0 aliphatic rings. The van der Waals surface area contributed by atoms with Crippen LogP contribution in [0.5, 0.6) is 0 Å². The van der Waals surface area contributed by atoms with Gasteiger partial charge in [0.25, 0.3) is 0 Å². The molecular weight excluding hydrogens is 266 g/mol. The summed E-state index contributed by atoms with van der Waals surface area (Å²) in [6.07, 6.45) is 2.90. The van der Waals surface area contributed by atoms with Crippen LogP contribution >= 0.6 is 0 Å². The SMILES string of the molecule is Cc1nn(C)c(C)c1C(C)NC(=O)CCc1ccnn1C. The van der Waals surface area contributed by atoms with Gasteiger partial charge in [0.15, 0.2) is 0 Å². The maximum absolute atomic E-state index is 12.1. The Hall–Kier alpha value is -2.11. The number of amides is 1. The first kappa shape index (κ1) is 15.3. The second kappa shape index (κ2) is 6.11. The Labute approximate surface area is 125 Å². The molecule has 1 N–H and O–H groups in total. The van der Waals surface area contributed by atoms with Crippen LogP contribution in [0.25, 0.3) is 0 Å². The molecule has 2 aromatic rings. The largest absolute Gasteiger partial charge is 0.349 e. The summed E-state index contributed by atoms with van der Waals surface area (Å²) in [5.41, 5.74) is 4.22. The maximum Gasteiger partial charge on any atom is 0.220 e. The highest BCUT2D eigenvalue weighted by Crippen LogP contribution is 2.20. The molecule has 2 heterocycles. The highest BCUT2D eigenvalue weighted by Gasteiger charge is 2.18. The Morgan fingerprint density at radius 2 is 2.05 bits per heavy atom. The third-order valence-corrected chi connectivity index (χ3v) is 3.91. The van der Waals surface area contributed by atoms with E-state index < -0.39 is 0 Å². The van der Waals surface area contributed by atoms with Crippen LogP contribution in [0.2, 0.25) is 0 Å². The lowest BCUT2D eigenvalue weighted by Gasteiger charge is -2.15. The number of carbonyl (C=O) groups excluding carboxylic acids is 1. The predicted octanol–water partition coefficient (Wildman–Crippen LogP) is 1.58. The van der Waals surface area contributed by atoms with Gasteiger partial charge >= 0.3 is 0 Å². The fraction of sp³-hybridized carbons (Fsp3) is 0.533. The Morgan fingerprint density at radius 3 is 2.57 bits per heavy atom. The van der Waals surface area contributed by atoms with Gasteiger partial charge < -0.3 is 5.32 Å². The van der Waals surface area contributed by atoms with Gasteiger partial charge in [0.1, 0.15) is 0 Å². The topological polar surface area (TPSA) is 64.7 Å². The van der Waals surface area contributed by atoms with Crippen molar-refractivity contribution in [2.24, 2.45) is 14.1 Å². The van der Waals surface area contributed by atoms with Crippen molar-refractivity contribution in [3.8, 4) is 0 Å². The second-order valence-electron chi connectivity index (χ2n) is 5.44. The van der Waals surface area contributed by atoms with Crippen LogP contribution in [0.4, 0.5) is 0 Å². The van der Waals surface area contributed by atoms with E-state index in [1.165, 1.54) is 0 Å². The van der Waals surface area contributed by atoms with Gasteiger partial charge in [-0.3, -0.25) is 14.2 Å². The summed E-state index contributed by atoms with van der Waals surface area (Å²) < 4.78 is 3.65. The minimum atomic E-state index is -0.0299. The van der Waals surface area contributed by atoms with E-state index in [1.807, 2.05) is 45.6 Å². The molecule has 0 radical (unpaired) electrons. The predicted molar refractivity (Wildman–Crippen MR) is 80.8 cm³/mol. The zero-order valence-electron chi connectivity index (χ0n) is 13.3. The fourth-order valence-corrected chi connectivity index (χ4v) is 2.69. The number of rotatable bonds is 5. The molecular formula is C15H23N5O. The van der Waals surface area contributed by atoms with Crippen LogP contribution < -0.4 is 5.32 Å². The van der Waals surface area contributed by atoms with Crippen molar-refractivity contribution in [2.75, 3.05) is 0 Å². The molecule has 0 spiro atoms. The number of hydrogen-bond donors (Lipinski definition) is 1. The Kier molecular flexibility index (Phi) is 4.45. The fourth-order valence-electron chi connectivity index (χ4n) is 2.69. The summed E-state index contributed by atoms with van der Waals surface area (Å²) in [7, 11) is 3.81. The normalized spacial score (nSPS) is 12.4. The van der Waals surface area contributed by atoms with E-state index in [1.54, 1.807) is 10.9 Å². The van der Waals surface area contributed by atoms with E-state index in [4.69, 9.17) is 0 Å². The number of hydrogen-bond acceptors (Lipinski definition) is 3. The summed E-state index contributed by atoms with van der Waals surface area (Å²) >= 11 is 0. The molecule has 1 amide bonds. The molecule has 0 fully saturated rings. The summed E-state index contributed by atoms with van der Waals surface area (Å²) in [6.45, 7) is 5.99. The molecule has 2 rings (SSSR count). The molecule has 6 nitrogen and oxygen atoms in total. The Bertz CT molecular complexity index is 641. The molecule has 0 aliphatic carbocycles. The smallest absolute Gasteiger partial charge is 0.220 e. The van der Waals surface area contributed by atoms with Crippen molar-refractivity contribution < 1.29 is 4.79 Å². The molecule has 21 heavy (non-hydrogen) atoms. The summed E-state index contributed by atoms with van der Waals surface area (Å²) in [5.74, 6) is 0.0475. The number of nitrogens with zero attached hydrogens (tertiary/aromatic N) is 4. The summed E-state index contributed by atoms with van der Waals surface area (Å²) in [5, 5.41) is 11.5. The van der Waals surface area contributed by atoms with Crippen LogP contribution in [-0.2, 0) is 25.3 Å². The third-order valence-electron chi connectivity index (χ3n) is 3.91. The van der Waals surface area contributed by atoms with Crippen LogP contribution in [0.1, 0.15) is 42.0 Å². The molecule has 2 aromatic heterocycles. The summed E-state index contributed by atoms with van der Waals surface area (Å²) in [6, 6.07) is 1.91. The van der Waals surface area contributed by atoms with Gasteiger partial charge in [-0.15, -0.1) is 0 Å². The van der Waals surface area contributed by atoms with Crippen molar-refractivity contribution >= 4 is 5.91 Å². The van der Waals surface area contributed by atoms with Gasteiger partial charge in [0, 0.05) is 43.7 Å². The summed E-state index contributed by atoms with van der Waals surface area (Å²) in [4.78, 5) is 12.1. The molecule has 0 aliphatic heterocycles. The van der Waals surface area contributed by atoms with E-state index in [2.05, 4.69) is 15.5 Å². The van der Waals surface area contributed by atoms with Crippen molar-refractivity contribution in [2.45, 2.75) is 39.7 Å². The standard InChI is InChI=1S/C15H23N5O/c1-10(15-11(2)18-19(4)12(15)3)17-14(21)7-6-13-8-9-16-20(13)5/h8-10H,6-7H2,1-5H3,(H,17,21). The van der Waals surface area contributed by atoms with E-state index in [-0.39, 0.29) is 11.9 Å². The number of aromatic nitrogens is 4. The Balaban J connectivity index is 1.94. The van der Waals surface area contributed by atoms with Crippen LogP contribution in [-0.4, -0.2) is 25.5 Å². The average molecular weight is 289 g/mol. The van der Waals surface area contributed by atoms with Gasteiger partial charge in [-0.2, -0.15) is 10.2 Å². The quantitative estimate of drug-likeness (QED) is 0.909. The van der Waals surface area contributed by atoms with Gasteiger partial charge in [-0.1, -0.05) is 0 Å². The van der Waals surface area contributed by atoms with Gasteiger partial charge in [0.05, 0.1) is 11.7 Å². The molecule has 0 saturated heterocycles. The average Bonchev–Trinajstić information content (AvgIpc) is 2.91. The van der Waals surface area contributed by atoms with Crippen molar-refractivity contribution in [3.05, 3.63) is 34.9 Å². The van der Waals surface area contributed by atoms with E-state index in [0.29, 0.717) is 12.8 Å². The lowest BCUT2D eigenvalue weighted by molar-refractivity contribution is -0.121. The van der Waals surface area contributed by atoms with Crippen LogP contribution in [0.3, 0.4) is 0 Å². The maximum atomic E-state index is 12.1. The molecule has 114 valence electrons. The highest BCUT2D eigenvalue weighted by molar-refractivity contribution is 5.76. The van der Waals surface area contributed by atoms with Crippen LogP contribution in [0.15, 0.2) is 12.3 Å². The molecule has 6 heteroatoms. The molecule has 0 saturated carbocycles. The van der Waals surface area contributed by atoms with E-state index in [0.717, 1.165) is 22.6 Å². The lowest BCUT2D eigenvalue weighted by atomic mass is 10.1. The zero-order chi connectivity index (χ0) is 15.6. The van der Waals surface area contributed by atoms with Gasteiger partial charge in [-0.25, -0.2) is 0 Å². The van der Waals surface area contributed by atoms with Gasteiger partial charge in [0.2, 0.25) is 5.91 Å². The van der Waals surface area contributed by atoms with E-state index >= 15 is 0 Å². The minimum absolute atomic E-state index is 0.0299. The number of nitrogens with one attached hydrogen (secondary N) is 1. The molecule has 0 aromatic carbocycles.